The standard InChI is InChI=1S/C11H15NO6.C10H13NO6.C10H15NO4.C9H13NO4/c1-10-6(4-7(14)18-10)8(15)12(2)11(10,5-13)9(16)17-3;1-9-5(3-6(13)17-9)7(14)11-10(9,4-12)8(15)16-2;1-9(5-12)10(2)6(4-7(13)15-10)8(14)11(9)3;1-8(4-11)9(2)5(7(13)10-8)3-6(12)14-9/h6,13H,4-5H2,1-3H3;5,12H,3-4H2,1-2H3,(H,11,14);6,12H,4-5H2,1-3H3;5,11H,3-4H2,1-2H3,(H,10,13)/t6-,10-,11-;5-,9-,10-;6-,9+,10-;5-,8+,9-/m0000/s1. The molecule has 0 unspecified atom stereocenters. The van der Waals surface area contributed by atoms with Gasteiger partial charge in [0.1, 0.15) is 22.3 Å². The van der Waals surface area contributed by atoms with Crippen molar-refractivity contribution in [3.8, 4) is 0 Å². The molecule has 0 radical (unpaired) electrons. The highest BCUT2D eigenvalue weighted by molar-refractivity contribution is 6.01. The van der Waals surface area contributed by atoms with Gasteiger partial charge in [-0.25, -0.2) is 9.59 Å². The lowest BCUT2D eigenvalue weighted by atomic mass is 9.77. The third kappa shape index (κ3) is 6.44. The number of hydrogen-bond donors (Lipinski definition) is 6. The fourth-order valence-corrected chi connectivity index (χ4v) is 10.4. The molecular weight excluding hydrogens is 856 g/mol. The summed E-state index contributed by atoms with van der Waals surface area (Å²) < 4.78 is 29.9. The number of aliphatic hydroxyl groups excluding tert-OH is 4. The number of fused-ring (bicyclic) bond motifs is 4. The molecule has 24 nitrogen and oxygen atoms in total. The fourth-order valence-electron chi connectivity index (χ4n) is 10.4. The topological polar surface area (TPSA) is 338 Å². The average Bonchev–Trinajstić information content (AvgIpc) is 4.06. The number of likely N-dealkylation sites (N-methyl/N-ethyl adjacent to an activating group) is 2. The molecule has 0 saturated carbocycles. The zero-order valence-electron chi connectivity index (χ0n) is 37.2. The maximum Gasteiger partial charge on any atom is 0.338 e. The molecule has 0 aliphatic carbocycles. The Kier molecular flexibility index (Phi) is 12.5. The number of carbonyl (C=O) groups excluding carboxylic acids is 10. The van der Waals surface area contributed by atoms with Crippen molar-refractivity contribution in [3.63, 3.8) is 0 Å². The van der Waals surface area contributed by atoms with Crippen LogP contribution in [0.3, 0.4) is 0 Å². The van der Waals surface area contributed by atoms with E-state index in [1.165, 1.54) is 25.8 Å². The lowest BCUT2D eigenvalue weighted by Gasteiger charge is -2.40. The molecule has 8 aliphatic heterocycles. The molecule has 0 aromatic heterocycles. The van der Waals surface area contributed by atoms with Crippen LogP contribution in [0.25, 0.3) is 0 Å². The summed E-state index contributed by atoms with van der Waals surface area (Å²) in [5, 5.41) is 42.8. The van der Waals surface area contributed by atoms with E-state index in [-0.39, 0.29) is 62.7 Å². The van der Waals surface area contributed by atoms with E-state index in [0.29, 0.717) is 0 Å². The molecule has 0 aromatic rings. The van der Waals surface area contributed by atoms with Crippen LogP contribution in [0.2, 0.25) is 0 Å². The number of hydrogen-bond acceptors (Lipinski definition) is 20. The monoisotopic (exact) mass is 912 g/mol. The number of carbonyl (C=O) groups is 10. The molecule has 6 N–H and O–H groups in total. The van der Waals surface area contributed by atoms with Crippen molar-refractivity contribution in [1.82, 2.24) is 20.4 Å². The smallest absolute Gasteiger partial charge is 0.338 e. The van der Waals surface area contributed by atoms with Crippen LogP contribution in [0.5, 0.6) is 0 Å². The van der Waals surface area contributed by atoms with Gasteiger partial charge < -0.3 is 69.3 Å². The fraction of sp³-hybridized carbons (Fsp3) is 0.750. The predicted octanol–water partition coefficient (Wildman–Crippen LogP) is -4.25. The molecule has 24 heteroatoms. The number of ether oxygens (including phenoxy) is 6. The van der Waals surface area contributed by atoms with Gasteiger partial charge in [-0.3, -0.25) is 38.4 Å². The summed E-state index contributed by atoms with van der Waals surface area (Å²) >= 11 is 0. The van der Waals surface area contributed by atoms with Crippen LogP contribution >= 0.6 is 0 Å². The first kappa shape index (κ1) is 49.6. The van der Waals surface area contributed by atoms with E-state index in [1.54, 1.807) is 34.7 Å². The zero-order chi connectivity index (χ0) is 48.6. The van der Waals surface area contributed by atoms with Crippen molar-refractivity contribution < 1.29 is 96.8 Å². The van der Waals surface area contributed by atoms with E-state index in [9.17, 15) is 68.4 Å². The number of nitrogens with one attached hydrogen (secondary N) is 2. The molecule has 8 aliphatic rings. The Morgan fingerprint density at radius 1 is 0.547 bits per heavy atom. The summed E-state index contributed by atoms with van der Waals surface area (Å²) in [6.45, 7) is 7.97. The first-order valence-electron chi connectivity index (χ1n) is 20.2. The third-order valence-electron chi connectivity index (χ3n) is 15.4. The second-order valence-corrected chi connectivity index (χ2v) is 18.1. The number of rotatable bonds is 6. The van der Waals surface area contributed by atoms with E-state index in [0.717, 1.165) is 19.1 Å². The largest absolute Gasteiger partial charge is 0.467 e. The second-order valence-electron chi connectivity index (χ2n) is 18.1. The molecule has 8 saturated heterocycles. The summed E-state index contributed by atoms with van der Waals surface area (Å²) in [6.07, 6.45) is 0.0483. The van der Waals surface area contributed by atoms with Crippen molar-refractivity contribution in [2.24, 2.45) is 23.7 Å². The van der Waals surface area contributed by atoms with Crippen LogP contribution in [0.15, 0.2) is 0 Å². The minimum atomic E-state index is -1.71. The SMILES string of the molecule is CN1C(=O)[C@@H]2CC(=O)O[C@]2(C)[C@@]1(C)CO.COC(=O)[C@]1(CO)N(C)C(=O)[C@@H]2CC(=O)O[C@@]21C.COC(=O)[C@]1(CO)NC(=O)[C@@H]2CC(=O)O[C@@]21C.C[C@]1(CO)NC(=O)[C@@H]2CC(=O)O[C@@]21C. The molecule has 12 atom stereocenters. The van der Waals surface area contributed by atoms with Crippen LogP contribution in [0, 0.1) is 23.7 Å². The molecule has 64 heavy (non-hydrogen) atoms. The number of likely N-dealkylation sites (tertiary alicyclic amines) is 2. The van der Waals surface area contributed by atoms with Crippen molar-refractivity contribution in [3.05, 3.63) is 0 Å². The van der Waals surface area contributed by atoms with Crippen LogP contribution < -0.4 is 10.6 Å². The van der Waals surface area contributed by atoms with Crippen molar-refractivity contribution >= 4 is 59.4 Å². The minimum absolute atomic E-state index is 0.0849. The van der Waals surface area contributed by atoms with Crippen LogP contribution in [0.1, 0.15) is 67.2 Å². The van der Waals surface area contributed by atoms with Gasteiger partial charge in [-0.2, -0.15) is 0 Å². The van der Waals surface area contributed by atoms with Gasteiger partial charge in [-0.1, -0.05) is 0 Å². The number of aliphatic hydroxyl groups is 4. The summed E-state index contributed by atoms with van der Waals surface area (Å²) in [4.78, 5) is 119. The quantitative estimate of drug-likeness (QED) is 0.109. The normalized spacial score (nSPS) is 41.9. The summed E-state index contributed by atoms with van der Waals surface area (Å²) in [7, 11) is 5.33. The molecular formula is C40H56N4O20. The number of esters is 6. The minimum Gasteiger partial charge on any atom is -0.467 e. The van der Waals surface area contributed by atoms with Gasteiger partial charge in [0.15, 0.2) is 11.2 Å². The summed E-state index contributed by atoms with van der Waals surface area (Å²) in [5.74, 6) is -7.14. The van der Waals surface area contributed by atoms with Crippen LogP contribution in [-0.4, -0.2) is 189 Å². The molecule has 8 heterocycles. The molecule has 356 valence electrons. The molecule has 8 rings (SSSR count). The first-order valence-corrected chi connectivity index (χ1v) is 20.2. The van der Waals surface area contributed by atoms with E-state index in [4.69, 9.17) is 18.9 Å². The Balaban J connectivity index is 0.000000161. The van der Waals surface area contributed by atoms with Gasteiger partial charge in [0.2, 0.25) is 34.7 Å². The van der Waals surface area contributed by atoms with Gasteiger partial charge in [0.25, 0.3) is 0 Å². The van der Waals surface area contributed by atoms with E-state index < -0.39 is 117 Å². The maximum absolute atomic E-state index is 12.1. The maximum atomic E-state index is 12.1. The number of amides is 4. The molecule has 4 amide bonds. The zero-order valence-corrected chi connectivity index (χ0v) is 37.2. The van der Waals surface area contributed by atoms with Crippen molar-refractivity contribution in [2.45, 2.75) is 112 Å². The Bertz CT molecular complexity index is 2070. The van der Waals surface area contributed by atoms with Crippen molar-refractivity contribution in [2.75, 3.05) is 54.7 Å². The van der Waals surface area contributed by atoms with Crippen LogP contribution in [-0.2, 0) is 76.4 Å². The predicted molar refractivity (Wildman–Crippen MR) is 207 cm³/mol. The number of nitrogens with zero attached hydrogens (tertiary/aromatic N) is 2. The number of methoxy groups -OCH3 is 2. The average molecular weight is 913 g/mol. The van der Waals surface area contributed by atoms with Gasteiger partial charge in [-0.05, 0) is 41.5 Å². The third-order valence-corrected chi connectivity index (χ3v) is 15.4. The highest BCUT2D eigenvalue weighted by Crippen LogP contribution is 2.52. The van der Waals surface area contributed by atoms with E-state index in [2.05, 4.69) is 20.1 Å². The first-order chi connectivity index (χ1) is 29.5. The highest BCUT2D eigenvalue weighted by atomic mass is 16.6. The van der Waals surface area contributed by atoms with E-state index >= 15 is 0 Å². The Labute approximate surface area is 366 Å². The summed E-state index contributed by atoms with van der Waals surface area (Å²) in [6, 6.07) is 0. The lowest BCUT2D eigenvalue weighted by molar-refractivity contribution is -0.180. The van der Waals surface area contributed by atoms with Gasteiger partial charge in [0, 0.05) is 14.1 Å². The second kappa shape index (κ2) is 16.2. The Morgan fingerprint density at radius 3 is 1.41 bits per heavy atom. The van der Waals surface area contributed by atoms with Gasteiger partial charge in [-0.15, -0.1) is 0 Å². The summed E-state index contributed by atoms with van der Waals surface area (Å²) in [5.41, 5.74) is -9.66. The van der Waals surface area contributed by atoms with Gasteiger partial charge in [0.05, 0.1) is 90.0 Å². The Hall–Kier alpha value is -5.46. The molecule has 0 aromatic carbocycles. The van der Waals surface area contributed by atoms with Gasteiger partial charge >= 0.3 is 35.8 Å². The highest BCUT2D eigenvalue weighted by Gasteiger charge is 2.75. The van der Waals surface area contributed by atoms with Crippen LogP contribution in [0.4, 0.5) is 0 Å². The lowest BCUT2D eigenvalue weighted by Crippen LogP contribution is -2.65. The van der Waals surface area contributed by atoms with E-state index in [1.807, 2.05) is 0 Å². The van der Waals surface area contributed by atoms with Crippen molar-refractivity contribution in [1.29, 1.82) is 0 Å². The molecule has 8 fully saturated rings. The molecule has 0 spiro atoms. The Morgan fingerprint density at radius 2 is 0.953 bits per heavy atom. The molecule has 0 bridgehead atoms.